The van der Waals surface area contributed by atoms with E-state index in [4.69, 9.17) is 0 Å². The maximum atomic E-state index is 4.36. The first kappa shape index (κ1) is 19.0. The van der Waals surface area contributed by atoms with Crippen molar-refractivity contribution in [1.29, 1.82) is 0 Å². The molecule has 0 amide bonds. The van der Waals surface area contributed by atoms with Crippen molar-refractivity contribution in [2.75, 3.05) is 9.80 Å². The summed E-state index contributed by atoms with van der Waals surface area (Å²) in [5.74, 6) is 0.925. The zero-order chi connectivity index (χ0) is 14.1. The Morgan fingerprint density at radius 1 is 0.909 bits per heavy atom. The maximum Gasteiger partial charge on any atom is 1.00 e. The second-order valence-corrected chi connectivity index (χ2v) is 5.16. The summed E-state index contributed by atoms with van der Waals surface area (Å²) >= 11 is 0. The normalized spacial score (nSPS) is 12.9. The summed E-state index contributed by atoms with van der Waals surface area (Å²) in [5.41, 5.74) is 5.11. The number of anilines is 2. The third-order valence-corrected chi connectivity index (χ3v) is 3.44. The number of halogens is 1. The predicted octanol–water partition coefficient (Wildman–Crippen LogP) is 0.925. The summed E-state index contributed by atoms with van der Waals surface area (Å²) in [7, 11) is 0. The van der Waals surface area contributed by atoms with Crippen LogP contribution in [0.4, 0.5) is 11.5 Å². The van der Waals surface area contributed by atoms with Crippen molar-refractivity contribution in [3.8, 4) is 0 Å². The largest absolute Gasteiger partial charge is 1.00 e. The van der Waals surface area contributed by atoms with E-state index in [9.17, 15) is 0 Å². The average molecular weight is 452 g/mol. The molecule has 22 heavy (non-hydrogen) atoms. The van der Waals surface area contributed by atoms with E-state index in [0.29, 0.717) is 0 Å². The molecule has 0 aliphatic carbocycles. The monoisotopic (exact) mass is 450 g/mol. The smallest absolute Gasteiger partial charge is 1.00 e. The van der Waals surface area contributed by atoms with Gasteiger partial charge in [-0.25, -0.2) is 4.98 Å². The number of rotatable bonds is 2. The van der Waals surface area contributed by atoms with E-state index in [1.807, 2.05) is 35.5 Å². The summed E-state index contributed by atoms with van der Waals surface area (Å²) in [4.78, 5) is 8.54. The van der Waals surface area contributed by atoms with Gasteiger partial charge in [-0.2, -0.15) is 0 Å². The van der Waals surface area contributed by atoms with Crippen LogP contribution in [0, 0.1) is 27.4 Å². The van der Waals surface area contributed by atoms with Crippen molar-refractivity contribution >= 4 is 11.5 Å². The molecule has 5 heteroatoms. The fraction of sp³-hybridized carbons (Fsp3) is 0.176. The van der Waals surface area contributed by atoms with Gasteiger partial charge in [-0.05, 0) is 44.0 Å². The SMILES string of the molecule is Cc1cc(C)c(N2[CH]N(c3ccccn3)C=C2)c(C)c1.[Ag+].[Br-]. The molecule has 3 nitrogen and oxygen atoms in total. The van der Waals surface area contributed by atoms with E-state index in [1.54, 1.807) is 0 Å². The molecule has 0 spiro atoms. The fourth-order valence-electron chi connectivity index (χ4n) is 2.71. The van der Waals surface area contributed by atoms with Crippen LogP contribution >= 0.6 is 0 Å². The van der Waals surface area contributed by atoms with Crippen molar-refractivity contribution in [2.24, 2.45) is 0 Å². The first-order chi connectivity index (χ1) is 9.65. The van der Waals surface area contributed by atoms with E-state index in [1.165, 1.54) is 22.4 Å². The minimum atomic E-state index is 0. The molecule has 1 aromatic heterocycles. The van der Waals surface area contributed by atoms with E-state index < -0.39 is 0 Å². The predicted molar refractivity (Wildman–Crippen MR) is 83.3 cm³/mol. The third kappa shape index (κ3) is 3.82. The summed E-state index contributed by atoms with van der Waals surface area (Å²) in [6.07, 6.45) is 5.91. The number of hydrogen-bond acceptors (Lipinski definition) is 3. The van der Waals surface area contributed by atoms with Crippen LogP contribution in [0.3, 0.4) is 0 Å². The quantitative estimate of drug-likeness (QED) is 0.633. The van der Waals surface area contributed by atoms with Gasteiger partial charge in [0.1, 0.15) is 5.82 Å². The number of aryl methyl sites for hydroxylation is 3. The van der Waals surface area contributed by atoms with Crippen LogP contribution in [-0.4, -0.2) is 4.98 Å². The second kappa shape index (κ2) is 7.97. The van der Waals surface area contributed by atoms with Gasteiger partial charge in [-0.15, -0.1) is 0 Å². The van der Waals surface area contributed by atoms with Crippen molar-refractivity contribution in [2.45, 2.75) is 20.8 Å². The Kier molecular flexibility index (Phi) is 6.88. The van der Waals surface area contributed by atoms with Gasteiger partial charge < -0.3 is 26.8 Å². The molecular formula is C17H18AgBrN3. The van der Waals surface area contributed by atoms with Gasteiger partial charge in [0.25, 0.3) is 0 Å². The van der Waals surface area contributed by atoms with Crippen LogP contribution in [0.15, 0.2) is 48.9 Å². The molecule has 0 unspecified atom stereocenters. The summed E-state index contributed by atoms with van der Waals surface area (Å²) in [6, 6.07) is 10.4. The second-order valence-electron chi connectivity index (χ2n) is 5.16. The molecule has 0 fully saturated rings. The van der Waals surface area contributed by atoms with Gasteiger partial charge in [0, 0.05) is 24.3 Å². The fourth-order valence-corrected chi connectivity index (χ4v) is 2.71. The number of pyridine rings is 1. The number of nitrogens with zero attached hydrogens (tertiary/aromatic N) is 3. The van der Waals surface area contributed by atoms with Crippen LogP contribution < -0.4 is 26.8 Å². The molecule has 1 aliphatic heterocycles. The molecule has 0 saturated carbocycles. The van der Waals surface area contributed by atoms with Crippen LogP contribution in [0.5, 0.6) is 0 Å². The summed E-state index contributed by atoms with van der Waals surface area (Å²) in [6.45, 7) is 8.50. The molecule has 2 heterocycles. The van der Waals surface area contributed by atoms with E-state index in [2.05, 4.69) is 55.7 Å². The molecule has 0 saturated heterocycles. The Morgan fingerprint density at radius 3 is 2.14 bits per heavy atom. The summed E-state index contributed by atoms with van der Waals surface area (Å²) < 4.78 is 0. The molecule has 119 valence electrons. The first-order valence-corrected chi connectivity index (χ1v) is 6.74. The molecule has 0 N–H and O–H groups in total. The van der Waals surface area contributed by atoms with Gasteiger partial charge in [0.15, 0.2) is 6.67 Å². The van der Waals surface area contributed by atoms with E-state index >= 15 is 0 Å². The van der Waals surface area contributed by atoms with Gasteiger partial charge in [0.05, 0.1) is 0 Å². The standard InChI is InChI=1S/C17H18N3.Ag.BrH/c1-13-10-14(2)17(15(3)11-13)20-9-8-19(12-20)16-6-4-5-7-18-16;;/h4-12H,1-3H3;;1H/q;+1;/p-1. The Hall–Kier alpha value is -1.07. The first-order valence-electron chi connectivity index (χ1n) is 6.74. The molecule has 0 atom stereocenters. The van der Waals surface area contributed by atoms with E-state index in [-0.39, 0.29) is 39.4 Å². The third-order valence-electron chi connectivity index (χ3n) is 3.44. The zero-order valence-corrected chi connectivity index (χ0v) is 15.8. The van der Waals surface area contributed by atoms with Crippen molar-refractivity contribution in [3.63, 3.8) is 0 Å². The van der Waals surface area contributed by atoms with Crippen LogP contribution in [0.2, 0.25) is 0 Å². The maximum absolute atomic E-state index is 4.36. The molecule has 3 rings (SSSR count). The molecule has 0 bridgehead atoms. The Morgan fingerprint density at radius 2 is 1.55 bits per heavy atom. The number of aromatic nitrogens is 1. The Balaban J connectivity index is 0.00000121. The Labute approximate surface area is 158 Å². The van der Waals surface area contributed by atoms with Crippen LogP contribution in [0.25, 0.3) is 0 Å². The molecular weight excluding hydrogens is 434 g/mol. The van der Waals surface area contributed by atoms with Gasteiger partial charge >= 0.3 is 22.4 Å². The molecule has 1 aliphatic rings. The molecule has 1 radical (unpaired) electrons. The minimum Gasteiger partial charge on any atom is -1.00 e. The molecule has 1 aromatic carbocycles. The average Bonchev–Trinajstić information content (AvgIpc) is 2.88. The van der Waals surface area contributed by atoms with Crippen LogP contribution in [-0.2, 0) is 22.4 Å². The zero-order valence-electron chi connectivity index (χ0n) is 12.7. The van der Waals surface area contributed by atoms with Gasteiger partial charge in [0.2, 0.25) is 0 Å². The summed E-state index contributed by atoms with van der Waals surface area (Å²) in [5, 5.41) is 0. The van der Waals surface area contributed by atoms with Crippen molar-refractivity contribution in [3.05, 3.63) is 72.3 Å². The van der Waals surface area contributed by atoms with E-state index in [0.717, 1.165) is 5.82 Å². The van der Waals surface area contributed by atoms with Crippen molar-refractivity contribution < 1.29 is 39.4 Å². The topological polar surface area (TPSA) is 19.4 Å². The van der Waals surface area contributed by atoms with Crippen molar-refractivity contribution in [1.82, 2.24) is 4.98 Å². The number of hydrogen-bond donors (Lipinski definition) is 0. The van der Waals surface area contributed by atoms with Crippen LogP contribution in [0.1, 0.15) is 16.7 Å². The molecule has 2 aromatic rings. The minimum absolute atomic E-state index is 0. The van der Waals surface area contributed by atoms with Gasteiger partial charge in [-0.1, -0.05) is 23.8 Å². The number of benzene rings is 1. The van der Waals surface area contributed by atoms with Gasteiger partial charge in [-0.3, -0.25) is 0 Å². The Bertz CT molecular complexity index is 635.